The molecule has 3 nitrogen and oxygen atoms in total. The topological polar surface area (TPSA) is 48.9 Å². The van der Waals surface area contributed by atoms with Gasteiger partial charge in [-0.2, -0.15) is 0 Å². The van der Waals surface area contributed by atoms with E-state index in [2.05, 4.69) is 25.9 Å². The largest absolute Gasteiger partial charge is 0.506 e. The fourth-order valence-electron chi connectivity index (χ4n) is 1.14. The van der Waals surface area contributed by atoms with Crippen LogP contribution in [0.1, 0.15) is 0 Å². The highest BCUT2D eigenvalue weighted by Crippen LogP contribution is 2.33. The third-order valence-corrected chi connectivity index (χ3v) is 2.42. The Morgan fingerprint density at radius 1 is 1.38 bits per heavy atom. The van der Waals surface area contributed by atoms with E-state index in [0.717, 1.165) is 11.3 Å². The van der Waals surface area contributed by atoms with Gasteiger partial charge in [0.05, 0.1) is 22.7 Å². The zero-order valence-corrected chi connectivity index (χ0v) is 8.25. The second-order valence-corrected chi connectivity index (χ2v) is 3.46. The number of imidazole rings is 1. The van der Waals surface area contributed by atoms with Crippen molar-refractivity contribution in [3.63, 3.8) is 0 Å². The Bertz CT molecular complexity index is 412. The van der Waals surface area contributed by atoms with Crippen LogP contribution >= 0.6 is 15.9 Å². The smallest absolute Gasteiger partial charge is 0.139 e. The SMILES string of the molecule is Oc1c(Br)cccc1-c1cnc[nH]1. The maximum absolute atomic E-state index is 9.67. The van der Waals surface area contributed by atoms with Crippen LogP contribution < -0.4 is 0 Å². The first kappa shape index (κ1) is 8.31. The molecule has 0 saturated heterocycles. The average Bonchev–Trinajstić information content (AvgIpc) is 2.62. The van der Waals surface area contributed by atoms with Gasteiger partial charge < -0.3 is 10.1 Å². The number of nitrogens with one attached hydrogen (secondary N) is 1. The van der Waals surface area contributed by atoms with Crippen molar-refractivity contribution in [3.05, 3.63) is 35.2 Å². The average molecular weight is 239 g/mol. The van der Waals surface area contributed by atoms with E-state index in [-0.39, 0.29) is 5.75 Å². The number of para-hydroxylation sites is 1. The van der Waals surface area contributed by atoms with Gasteiger partial charge in [0.15, 0.2) is 0 Å². The maximum atomic E-state index is 9.67. The molecular formula is C9H7BrN2O. The number of aromatic amines is 1. The highest BCUT2D eigenvalue weighted by atomic mass is 79.9. The second-order valence-electron chi connectivity index (χ2n) is 2.60. The zero-order valence-electron chi connectivity index (χ0n) is 6.66. The number of halogens is 1. The van der Waals surface area contributed by atoms with Crippen molar-refractivity contribution in [2.45, 2.75) is 0 Å². The number of phenolic OH excluding ortho intramolecular Hbond substituents is 1. The van der Waals surface area contributed by atoms with Gasteiger partial charge in [-0.25, -0.2) is 4.98 Å². The summed E-state index contributed by atoms with van der Waals surface area (Å²) in [5, 5.41) is 9.67. The molecule has 0 saturated carbocycles. The monoisotopic (exact) mass is 238 g/mol. The highest BCUT2D eigenvalue weighted by Gasteiger charge is 2.07. The van der Waals surface area contributed by atoms with E-state index in [1.54, 1.807) is 18.6 Å². The van der Waals surface area contributed by atoms with E-state index in [1.807, 2.05) is 12.1 Å². The summed E-state index contributed by atoms with van der Waals surface area (Å²) in [5.41, 5.74) is 1.55. The van der Waals surface area contributed by atoms with Crippen LogP contribution in [0.4, 0.5) is 0 Å². The molecule has 1 aromatic carbocycles. The molecule has 0 atom stereocenters. The molecule has 2 N–H and O–H groups in total. The van der Waals surface area contributed by atoms with E-state index >= 15 is 0 Å². The first-order valence-electron chi connectivity index (χ1n) is 3.75. The van der Waals surface area contributed by atoms with Crippen LogP contribution in [0.3, 0.4) is 0 Å². The Hall–Kier alpha value is -1.29. The molecule has 0 aliphatic heterocycles. The summed E-state index contributed by atoms with van der Waals surface area (Å²) in [6, 6.07) is 5.47. The molecule has 4 heteroatoms. The lowest BCUT2D eigenvalue weighted by Gasteiger charge is -2.02. The third kappa shape index (κ3) is 1.45. The number of aromatic hydroxyl groups is 1. The van der Waals surface area contributed by atoms with Crippen LogP contribution in [0.25, 0.3) is 11.3 Å². The van der Waals surface area contributed by atoms with E-state index in [0.29, 0.717) is 4.47 Å². The standard InChI is InChI=1S/C9H7BrN2O/c10-7-3-1-2-6(9(7)13)8-4-11-5-12-8/h1-5,13H,(H,11,12). The second kappa shape index (κ2) is 3.22. The van der Waals surface area contributed by atoms with Crippen LogP contribution in [0, 0.1) is 0 Å². The summed E-state index contributed by atoms with van der Waals surface area (Å²) in [7, 11) is 0. The summed E-state index contributed by atoms with van der Waals surface area (Å²) in [5.74, 6) is 0.228. The molecule has 13 heavy (non-hydrogen) atoms. The van der Waals surface area contributed by atoms with Crippen LogP contribution in [-0.2, 0) is 0 Å². The first-order valence-corrected chi connectivity index (χ1v) is 4.54. The molecule has 0 amide bonds. The van der Waals surface area contributed by atoms with E-state index in [4.69, 9.17) is 0 Å². The Morgan fingerprint density at radius 3 is 2.92 bits per heavy atom. The summed E-state index contributed by atoms with van der Waals surface area (Å²) in [6.07, 6.45) is 3.25. The van der Waals surface area contributed by atoms with Crippen molar-refractivity contribution in [3.8, 4) is 17.0 Å². The van der Waals surface area contributed by atoms with Gasteiger partial charge in [0.25, 0.3) is 0 Å². The number of hydrogen-bond acceptors (Lipinski definition) is 2. The minimum absolute atomic E-state index is 0.228. The molecule has 0 radical (unpaired) electrons. The number of nitrogens with zero attached hydrogens (tertiary/aromatic N) is 1. The van der Waals surface area contributed by atoms with Gasteiger partial charge in [0.1, 0.15) is 5.75 Å². The number of hydrogen-bond donors (Lipinski definition) is 2. The molecule has 0 aliphatic carbocycles. The van der Waals surface area contributed by atoms with Crippen molar-refractivity contribution in [1.82, 2.24) is 9.97 Å². The molecule has 0 aliphatic rings. The summed E-state index contributed by atoms with van der Waals surface area (Å²) >= 11 is 3.25. The Labute approximate surface area is 83.6 Å². The van der Waals surface area contributed by atoms with Gasteiger partial charge in [-0.3, -0.25) is 0 Å². The number of rotatable bonds is 1. The number of aromatic nitrogens is 2. The number of benzene rings is 1. The molecular weight excluding hydrogens is 232 g/mol. The zero-order chi connectivity index (χ0) is 9.26. The Balaban J connectivity index is 2.59. The fourth-order valence-corrected chi connectivity index (χ4v) is 1.50. The highest BCUT2D eigenvalue weighted by molar-refractivity contribution is 9.10. The quantitative estimate of drug-likeness (QED) is 0.803. The number of phenols is 1. The summed E-state index contributed by atoms with van der Waals surface area (Å²) in [4.78, 5) is 6.82. The maximum Gasteiger partial charge on any atom is 0.139 e. The van der Waals surface area contributed by atoms with Crippen molar-refractivity contribution in [1.29, 1.82) is 0 Å². The van der Waals surface area contributed by atoms with Crippen molar-refractivity contribution >= 4 is 15.9 Å². The summed E-state index contributed by atoms with van der Waals surface area (Å²) < 4.78 is 0.680. The molecule has 66 valence electrons. The third-order valence-electron chi connectivity index (χ3n) is 1.78. The number of H-pyrrole nitrogens is 1. The van der Waals surface area contributed by atoms with Gasteiger partial charge in [0.2, 0.25) is 0 Å². The molecule has 1 aromatic heterocycles. The van der Waals surface area contributed by atoms with Crippen LogP contribution in [0.2, 0.25) is 0 Å². The Kier molecular flexibility index (Phi) is 2.06. The van der Waals surface area contributed by atoms with E-state index in [9.17, 15) is 5.11 Å². The van der Waals surface area contributed by atoms with E-state index < -0.39 is 0 Å². The predicted molar refractivity (Wildman–Crippen MR) is 53.4 cm³/mol. The molecule has 0 bridgehead atoms. The lowest BCUT2D eigenvalue weighted by molar-refractivity contribution is 0.474. The summed E-state index contributed by atoms with van der Waals surface area (Å²) in [6.45, 7) is 0. The molecule has 0 fully saturated rings. The fraction of sp³-hybridized carbons (Fsp3) is 0. The van der Waals surface area contributed by atoms with Crippen molar-refractivity contribution in [2.24, 2.45) is 0 Å². The molecule has 0 spiro atoms. The van der Waals surface area contributed by atoms with Gasteiger partial charge >= 0.3 is 0 Å². The molecule has 2 rings (SSSR count). The van der Waals surface area contributed by atoms with Crippen LogP contribution in [0.15, 0.2) is 35.2 Å². The minimum Gasteiger partial charge on any atom is -0.506 e. The normalized spacial score (nSPS) is 10.2. The minimum atomic E-state index is 0.228. The lowest BCUT2D eigenvalue weighted by Crippen LogP contribution is -1.79. The first-order chi connectivity index (χ1) is 6.29. The van der Waals surface area contributed by atoms with Crippen molar-refractivity contribution in [2.75, 3.05) is 0 Å². The Morgan fingerprint density at radius 2 is 2.23 bits per heavy atom. The van der Waals surface area contributed by atoms with Gasteiger partial charge in [0, 0.05) is 5.56 Å². The predicted octanol–water partition coefficient (Wildman–Crippen LogP) is 2.54. The molecule has 2 aromatic rings. The van der Waals surface area contributed by atoms with Crippen LogP contribution in [0.5, 0.6) is 5.75 Å². The van der Waals surface area contributed by atoms with Gasteiger partial charge in [-0.1, -0.05) is 6.07 Å². The van der Waals surface area contributed by atoms with E-state index in [1.165, 1.54) is 0 Å². The van der Waals surface area contributed by atoms with Crippen LogP contribution in [-0.4, -0.2) is 15.1 Å². The lowest BCUT2D eigenvalue weighted by atomic mass is 10.1. The molecule has 0 unspecified atom stereocenters. The van der Waals surface area contributed by atoms with Crippen molar-refractivity contribution < 1.29 is 5.11 Å². The van der Waals surface area contributed by atoms with Gasteiger partial charge in [-0.05, 0) is 28.1 Å². The molecule has 1 heterocycles. The van der Waals surface area contributed by atoms with Gasteiger partial charge in [-0.15, -0.1) is 0 Å².